The molecule has 0 saturated heterocycles. The molecule has 0 heterocycles. The van der Waals surface area contributed by atoms with E-state index in [0.717, 1.165) is 4.90 Å². The molecule has 0 unspecified atom stereocenters. The second-order valence-electron chi connectivity index (χ2n) is 3.39. The molecule has 102 valence electrons. The zero-order valence-corrected chi connectivity index (χ0v) is 10.6. The summed E-state index contributed by atoms with van der Waals surface area (Å²) in [7, 11) is -8.85. The molecule has 0 aromatic carbocycles. The van der Waals surface area contributed by atoms with Crippen molar-refractivity contribution < 1.29 is 38.8 Å². The van der Waals surface area contributed by atoms with E-state index in [2.05, 4.69) is 11.5 Å². The fourth-order valence-electron chi connectivity index (χ4n) is 1.04. The van der Waals surface area contributed by atoms with Crippen LogP contribution in [0.25, 0.3) is 0 Å². The van der Waals surface area contributed by atoms with Crippen molar-refractivity contribution in [2.75, 3.05) is 19.1 Å². The Morgan fingerprint density at radius 1 is 1.12 bits per heavy atom. The van der Waals surface area contributed by atoms with Gasteiger partial charge in [-0.2, -0.15) is 0 Å². The minimum atomic E-state index is -4.43. The summed E-state index contributed by atoms with van der Waals surface area (Å²) in [4.78, 5) is 39.5. The second kappa shape index (κ2) is 6.63. The fourth-order valence-corrected chi connectivity index (χ4v) is 2.72. The maximum Gasteiger partial charge on any atom is 0.339 e. The first kappa shape index (κ1) is 16.8. The van der Waals surface area contributed by atoms with Gasteiger partial charge in [0.05, 0.1) is 0 Å². The zero-order chi connectivity index (χ0) is 13.7. The summed E-state index contributed by atoms with van der Waals surface area (Å²) in [6.45, 7) is 3.14. The highest BCUT2D eigenvalue weighted by atomic mass is 31.2. The van der Waals surface area contributed by atoms with Crippen molar-refractivity contribution in [2.45, 2.75) is 6.42 Å². The molecule has 0 bridgehead atoms. The van der Waals surface area contributed by atoms with Crippen LogP contribution in [0, 0.1) is 0 Å². The van der Waals surface area contributed by atoms with E-state index in [1.54, 1.807) is 0 Å². The van der Waals surface area contributed by atoms with E-state index in [1.165, 1.54) is 0 Å². The number of hydrogen-bond acceptors (Lipinski definition) is 5. The lowest BCUT2D eigenvalue weighted by Gasteiger charge is -2.22. The molecule has 0 saturated carbocycles. The van der Waals surface area contributed by atoms with Crippen LogP contribution in [0.4, 0.5) is 0 Å². The Labute approximate surface area is 97.6 Å². The molecular formula is C6H15NO8P2. The number of rotatable bonds is 8. The average Bonchev–Trinajstić information content (AvgIpc) is 2.08. The molecule has 0 amide bonds. The van der Waals surface area contributed by atoms with E-state index in [1.807, 2.05) is 0 Å². The minimum absolute atomic E-state index is 0.0174. The van der Waals surface area contributed by atoms with E-state index in [4.69, 9.17) is 24.8 Å². The van der Waals surface area contributed by atoms with Gasteiger partial charge in [0.1, 0.15) is 18.3 Å². The van der Waals surface area contributed by atoms with E-state index in [9.17, 15) is 9.13 Å². The van der Waals surface area contributed by atoms with E-state index >= 15 is 0 Å². The van der Waals surface area contributed by atoms with E-state index in [-0.39, 0.29) is 18.7 Å². The van der Waals surface area contributed by atoms with Gasteiger partial charge in [-0.25, -0.2) is 5.26 Å². The van der Waals surface area contributed by atoms with Gasteiger partial charge in [0, 0.05) is 13.0 Å². The summed E-state index contributed by atoms with van der Waals surface area (Å²) in [5.74, 6) is -0.0774. The lowest BCUT2D eigenvalue weighted by atomic mass is 10.4. The van der Waals surface area contributed by atoms with Crippen LogP contribution in [0.2, 0.25) is 0 Å². The molecule has 11 heteroatoms. The molecule has 0 aliphatic carbocycles. The zero-order valence-electron chi connectivity index (χ0n) is 8.84. The lowest BCUT2D eigenvalue weighted by Crippen LogP contribution is -2.27. The van der Waals surface area contributed by atoms with Crippen LogP contribution in [0.1, 0.15) is 6.42 Å². The number of nitrogens with zero attached hydrogens (tertiary/aromatic N) is 1. The molecule has 0 fully saturated rings. The normalized spacial score (nSPS) is 12.8. The van der Waals surface area contributed by atoms with E-state index < -0.39 is 27.8 Å². The van der Waals surface area contributed by atoms with Gasteiger partial charge >= 0.3 is 15.2 Å². The second-order valence-corrected chi connectivity index (χ2v) is 6.61. The highest BCUT2D eigenvalue weighted by Crippen LogP contribution is 2.40. The van der Waals surface area contributed by atoms with Crippen LogP contribution in [0.15, 0.2) is 12.3 Å². The molecule has 17 heavy (non-hydrogen) atoms. The van der Waals surface area contributed by atoms with Crippen LogP contribution in [0.5, 0.6) is 0 Å². The molecule has 9 nitrogen and oxygen atoms in total. The Kier molecular flexibility index (Phi) is 6.53. The quantitative estimate of drug-likeness (QED) is 0.179. The maximum atomic E-state index is 10.7. The molecule has 0 aliphatic rings. The summed E-state index contributed by atoms with van der Waals surface area (Å²) < 4.78 is 21.5. The molecule has 0 atom stereocenters. The highest BCUT2D eigenvalue weighted by molar-refractivity contribution is 7.52. The van der Waals surface area contributed by atoms with Crippen LogP contribution < -0.4 is 0 Å². The largest absolute Gasteiger partial charge is 0.345 e. The van der Waals surface area contributed by atoms with Gasteiger partial charge in [-0.3, -0.25) is 14.0 Å². The maximum absolute atomic E-state index is 10.7. The van der Waals surface area contributed by atoms with Crippen molar-refractivity contribution in [3.05, 3.63) is 12.3 Å². The average molecular weight is 291 g/mol. The van der Waals surface area contributed by atoms with Crippen LogP contribution in [-0.4, -0.2) is 48.8 Å². The number of hydrogen-bond donors (Lipinski definition) is 5. The summed E-state index contributed by atoms with van der Waals surface area (Å²) in [6, 6.07) is 0. The van der Waals surface area contributed by atoms with Crippen molar-refractivity contribution in [3.8, 4) is 0 Å². The molecule has 0 rings (SSSR count). The van der Waals surface area contributed by atoms with Crippen molar-refractivity contribution >= 4 is 15.2 Å². The molecule has 0 aromatic heterocycles. The molecule has 0 spiro atoms. The Morgan fingerprint density at radius 2 is 1.53 bits per heavy atom. The Morgan fingerprint density at radius 3 is 1.82 bits per heavy atom. The van der Waals surface area contributed by atoms with Crippen molar-refractivity contribution in [3.63, 3.8) is 0 Å². The predicted molar refractivity (Wildman–Crippen MR) is 58.0 cm³/mol. The van der Waals surface area contributed by atoms with Crippen LogP contribution >= 0.6 is 15.2 Å². The topological polar surface area (TPSA) is 148 Å². The van der Waals surface area contributed by atoms with Gasteiger partial charge in [-0.1, -0.05) is 6.58 Å². The first-order valence-corrected chi connectivity index (χ1v) is 7.94. The first-order valence-electron chi connectivity index (χ1n) is 4.34. The standard InChI is InChI=1S/C6H15NO8P2/c1-6(15-8)2-3-7(4-16(9,10)11)5-17(12,13)14/h8H,1-5H2,(H2,9,10,11)(H2,12,13,14). The first-order chi connectivity index (χ1) is 7.53. The smallest absolute Gasteiger partial charge is 0.339 e. The van der Waals surface area contributed by atoms with Crippen molar-refractivity contribution in [1.29, 1.82) is 0 Å². The Hall–Kier alpha value is -0.240. The molecule has 0 aliphatic heterocycles. The lowest BCUT2D eigenvalue weighted by molar-refractivity contribution is -0.205. The van der Waals surface area contributed by atoms with Crippen LogP contribution in [-0.2, 0) is 14.0 Å². The minimum Gasteiger partial charge on any atom is -0.345 e. The van der Waals surface area contributed by atoms with Crippen molar-refractivity contribution in [2.24, 2.45) is 0 Å². The summed E-state index contributed by atoms with van der Waals surface area (Å²) >= 11 is 0. The van der Waals surface area contributed by atoms with Gasteiger partial charge in [0.15, 0.2) is 0 Å². The van der Waals surface area contributed by atoms with Crippen LogP contribution in [0.3, 0.4) is 0 Å². The monoisotopic (exact) mass is 291 g/mol. The summed E-state index contributed by atoms with van der Waals surface area (Å²) in [5, 5.41) is 8.19. The predicted octanol–water partition coefficient (Wildman–Crippen LogP) is -0.0478. The summed E-state index contributed by atoms with van der Waals surface area (Å²) in [5.41, 5.74) is 0. The van der Waals surface area contributed by atoms with Gasteiger partial charge in [0.2, 0.25) is 0 Å². The van der Waals surface area contributed by atoms with Gasteiger partial charge < -0.3 is 24.5 Å². The van der Waals surface area contributed by atoms with Crippen molar-refractivity contribution in [1.82, 2.24) is 4.90 Å². The third-order valence-corrected chi connectivity index (χ3v) is 3.14. The third-order valence-electron chi connectivity index (χ3n) is 1.60. The Balaban J connectivity index is 4.46. The third kappa shape index (κ3) is 10.6. The SMILES string of the molecule is C=C(CCN(CP(=O)(O)O)CP(=O)(O)O)OO. The molecule has 0 radical (unpaired) electrons. The molecule has 5 N–H and O–H groups in total. The van der Waals surface area contributed by atoms with Gasteiger partial charge in [-0.05, 0) is 0 Å². The van der Waals surface area contributed by atoms with Gasteiger partial charge in [-0.15, -0.1) is 0 Å². The molecule has 0 aromatic rings. The molecular weight excluding hydrogens is 276 g/mol. The van der Waals surface area contributed by atoms with Gasteiger partial charge in [0.25, 0.3) is 0 Å². The van der Waals surface area contributed by atoms with E-state index in [0.29, 0.717) is 0 Å². The fraction of sp³-hybridized carbons (Fsp3) is 0.667. The Bertz CT molecular complexity index is 322. The highest BCUT2D eigenvalue weighted by Gasteiger charge is 2.25. The summed E-state index contributed by atoms with van der Waals surface area (Å²) in [6.07, 6.45) is -1.61.